The van der Waals surface area contributed by atoms with E-state index in [2.05, 4.69) is 42.4 Å². The average Bonchev–Trinajstić information content (AvgIpc) is 2.83. The number of nitrogens with one attached hydrogen (secondary N) is 1. The predicted octanol–water partition coefficient (Wildman–Crippen LogP) is 2.33. The molecular weight excluding hydrogens is 224 g/mol. The van der Waals surface area contributed by atoms with Crippen LogP contribution in [0.1, 0.15) is 31.0 Å². The van der Waals surface area contributed by atoms with Crippen molar-refractivity contribution in [3.63, 3.8) is 0 Å². The molecule has 2 rings (SSSR count). The van der Waals surface area contributed by atoms with Gasteiger partial charge >= 0.3 is 0 Å². The molecule has 2 aromatic rings. The van der Waals surface area contributed by atoms with E-state index < -0.39 is 0 Å². The van der Waals surface area contributed by atoms with E-state index in [1.54, 1.807) is 0 Å². The standard InChI is InChI=1S/C14H20N4/c1-11-8-17-18(10-11)13(3)12(2)16-9-14-4-6-15-7-5-14/h4-8,10,12-13,16H,9H2,1-3H3. The number of nitrogens with zero attached hydrogens (tertiary/aromatic N) is 3. The first-order valence-electron chi connectivity index (χ1n) is 6.30. The van der Waals surface area contributed by atoms with Gasteiger partial charge in [0.05, 0.1) is 12.2 Å². The van der Waals surface area contributed by atoms with E-state index in [4.69, 9.17) is 0 Å². The van der Waals surface area contributed by atoms with Crippen molar-refractivity contribution in [2.45, 2.75) is 39.4 Å². The zero-order chi connectivity index (χ0) is 13.0. The Morgan fingerprint density at radius 3 is 2.61 bits per heavy atom. The molecule has 2 unspecified atom stereocenters. The third kappa shape index (κ3) is 3.17. The van der Waals surface area contributed by atoms with Crippen molar-refractivity contribution in [1.82, 2.24) is 20.1 Å². The van der Waals surface area contributed by atoms with Gasteiger partial charge < -0.3 is 5.32 Å². The summed E-state index contributed by atoms with van der Waals surface area (Å²) in [4.78, 5) is 4.02. The monoisotopic (exact) mass is 244 g/mol. The molecular formula is C14H20N4. The molecule has 0 aromatic carbocycles. The minimum atomic E-state index is 0.334. The van der Waals surface area contributed by atoms with E-state index in [1.165, 1.54) is 11.1 Å². The Bertz CT molecular complexity index is 478. The summed E-state index contributed by atoms with van der Waals surface area (Å²) < 4.78 is 2.01. The van der Waals surface area contributed by atoms with Gasteiger partial charge in [-0.15, -0.1) is 0 Å². The summed E-state index contributed by atoms with van der Waals surface area (Å²) in [6.45, 7) is 7.28. The number of pyridine rings is 1. The van der Waals surface area contributed by atoms with Crippen molar-refractivity contribution in [3.8, 4) is 0 Å². The Hall–Kier alpha value is -1.68. The van der Waals surface area contributed by atoms with Crippen LogP contribution in [0.25, 0.3) is 0 Å². The van der Waals surface area contributed by atoms with E-state index in [0.29, 0.717) is 12.1 Å². The summed E-state index contributed by atoms with van der Waals surface area (Å²) >= 11 is 0. The third-order valence-electron chi connectivity index (χ3n) is 3.25. The van der Waals surface area contributed by atoms with Gasteiger partial charge in [0.2, 0.25) is 0 Å². The first-order valence-corrected chi connectivity index (χ1v) is 6.30. The molecule has 0 aliphatic carbocycles. The van der Waals surface area contributed by atoms with Crippen LogP contribution in [0.15, 0.2) is 36.9 Å². The highest BCUT2D eigenvalue weighted by Gasteiger charge is 2.13. The largest absolute Gasteiger partial charge is 0.308 e. The number of rotatable bonds is 5. The summed E-state index contributed by atoms with van der Waals surface area (Å²) in [5.74, 6) is 0. The van der Waals surface area contributed by atoms with Crippen LogP contribution in [-0.2, 0) is 6.54 Å². The van der Waals surface area contributed by atoms with Crippen LogP contribution in [-0.4, -0.2) is 20.8 Å². The fourth-order valence-electron chi connectivity index (χ4n) is 1.83. The van der Waals surface area contributed by atoms with Crippen molar-refractivity contribution in [2.75, 3.05) is 0 Å². The molecule has 0 aliphatic heterocycles. The number of hydrogen-bond donors (Lipinski definition) is 1. The molecule has 2 heterocycles. The van der Waals surface area contributed by atoms with Gasteiger partial charge in [0.15, 0.2) is 0 Å². The van der Waals surface area contributed by atoms with Crippen molar-refractivity contribution >= 4 is 0 Å². The van der Waals surface area contributed by atoms with Gasteiger partial charge in [-0.3, -0.25) is 9.67 Å². The van der Waals surface area contributed by atoms with Crippen molar-refractivity contribution in [1.29, 1.82) is 0 Å². The quantitative estimate of drug-likeness (QED) is 0.877. The fraction of sp³-hybridized carbons (Fsp3) is 0.429. The lowest BCUT2D eigenvalue weighted by Gasteiger charge is -2.21. The average molecular weight is 244 g/mol. The van der Waals surface area contributed by atoms with Gasteiger partial charge in [0, 0.05) is 31.2 Å². The third-order valence-corrected chi connectivity index (χ3v) is 3.25. The van der Waals surface area contributed by atoms with Crippen LogP contribution in [0.2, 0.25) is 0 Å². The Kier molecular flexibility index (Phi) is 4.10. The SMILES string of the molecule is Cc1cnn(C(C)C(C)NCc2ccncc2)c1. The Labute approximate surface area is 108 Å². The molecule has 0 saturated carbocycles. The normalized spacial score (nSPS) is 14.4. The molecule has 0 spiro atoms. The minimum Gasteiger partial charge on any atom is -0.308 e. The molecule has 2 aromatic heterocycles. The highest BCUT2D eigenvalue weighted by molar-refractivity contribution is 5.09. The zero-order valence-corrected chi connectivity index (χ0v) is 11.2. The van der Waals surface area contributed by atoms with Gasteiger partial charge in [-0.25, -0.2) is 0 Å². The van der Waals surface area contributed by atoms with Crippen LogP contribution >= 0.6 is 0 Å². The fourth-order valence-corrected chi connectivity index (χ4v) is 1.83. The van der Waals surface area contributed by atoms with Gasteiger partial charge in [-0.05, 0) is 44.0 Å². The molecule has 0 amide bonds. The second kappa shape index (κ2) is 5.78. The van der Waals surface area contributed by atoms with E-state index in [9.17, 15) is 0 Å². The molecule has 0 bridgehead atoms. The zero-order valence-electron chi connectivity index (χ0n) is 11.2. The van der Waals surface area contributed by atoms with Crippen LogP contribution in [0.3, 0.4) is 0 Å². The highest BCUT2D eigenvalue weighted by Crippen LogP contribution is 2.11. The molecule has 2 atom stereocenters. The molecule has 4 heteroatoms. The van der Waals surface area contributed by atoms with Crippen LogP contribution in [0.4, 0.5) is 0 Å². The highest BCUT2D eigenvalue weighted by atomic mass is 15.3. The van der Waals surface area contributed by atoms with E-state index in [-0.39, 0.29) is 0 Å². The van der Waals surface area contributed by atoms with Gasteiger partial charge in [0.1, 0.15) is 0 Å². The Morgan fingerprint density at radius 2 is 2.00 bits per heavy atom. The lowest BCUT2D eigenvalue weighted by Crippen LogP contribution is -2.33. The van der Waals surface area contributed by atoms with Gasteiger partial charge in [0.25, 0.3) is 0 Å². The predicted molar refractivity (Wildman–Crippen MR) is 72.2 cm³/mol. The van der Waals surface area contributed by atoms with Crippen LogP contribution in [0.5, 0.6) is 0 Å². The van der Waals surface area contributed by atoms with E-state index >= 15 is 0 Å². The maximum Gasteiger partial charge on any atom is 0.0641 e. The second-order valence-corrected chi connectivity index (χ2v) is 4.76. The minimum absolute atomic E-state index is 0.334. The molecule has 96 valence electrons. The molecule has 0 saturated heterocycles. The van der Waals surface area contributed by atoms with Gasteiger partial charge in [-0.1, -0.05) is 0 Å². The van der Waals surface area contributed by atoms with Gasteiger partial charge in [-0.2, -0.15) is 5.10 Å². The molecule has 0 fully saturated rings. The summed E-state index contributed by atoms with van der Waals surface area (Å²) in [6, 6.07) is 4.75. The number of aryl methyl sites for hydroxylation is 1. The number of aromatic nitrogens is 3. The summed E-state index contributed by atoms with van der Waals surface area (Å²) in [6.07, 6.45) is 7.62. The summed E-state index contributed by atoms with van der Waals surface area (Å²) in [5.41, 5.74) is 2.45. The lowest BCUT2D eigenvalue weighted by molar-refractivity contribution is 0.365. The molecule has 1 N–H and O–H groups in total. The Balaban J connectivity index is 1.90. The summed E-state index contributed by atoms with van der Waals surface area (Å²) in [5, 5.41) is 7.88. The van der Waals surface area contributed by atoms with Crippen molar-refractivity contribution in [3.05, 3.63) is 48.0 Å². The maximum atomic E-state index is 4.36. The van der Waals surface area contributed by atoms with E-state index in [0.717, 1.165) is 6.54 Å². The van der Waals surface area contributed by atoms with E-state index in [1.807, 2.05) is 35.4 Å². The first kappa shape index (κ1) is 12.8. The lowest BCUT2D eigenvalue weighted by atomic mass is 10.1. The second-order valence-electron chi connectivity index (χ2n) is 4.76. The maximum absolute atomic E-state index is 4.36. The van der Waals surface area contributed by atoms with Crippen LogP contribution in [0, 0.1) is 6.92 Å². The molecule has 18 heavy (non-hydrogen) atoms. The number of hydrogen-bond acceptors (Lipinski definition) is 3. The smallest absolute Gasteiger partial charge is 0.0641 e. The summed E-state index contributed by atoms with van der Waals surface area (Å²) in [7, 11) is 0. The van der Waals surface area contributed by atoms with Crippen LogP contribution < -0.4 is 5.32 Å². The molecule has 0 aliphatic rings. The van der Waals surface area contributed by atoms with Crippen molar-refractivity contribution in [2.24, 2.45) is 0 Å². The topological polar surface area (TPSA) is 42.7 Å². The molecule has 4 nitrogen and oxygen atoms in total. The Morgan fingerprint density at radius 1 is 1.28 bits per heavy atom. The molecule has 0 radical (unpaired) electrons. The first-order chi connectivity index (χ1) is 8.66. The van der Waals surface area contributed by atoms with Crippen molar-refractivity contribution < 1.29 is 0 Å².